The molecular formula is C29H28BrF9N4. The maximum atomic E-state index is 13.9. The van der Waals surface area contributed by atoms with Crippen LogP contribution in [0.5, 0.6) is 0 Å². The summed E-state index contributed by atoms with van der Waals surface area (Å²) in [6.45, 7) is 4.06. The van der Waals surface area contributed by atoms with E-state index < -0.39 is 47.8 Å². The molecule has 1 aliphatic rings. The highest BCUT2D eigenvalue weighted by Crippen LogP contribution is 2.41. The van der Waals surface area contributed by atoms with Gasteiger partial charge in [-0.1, -0.05) is 6.92 Å². The Labute approximate surface area is 251 Å². The number of halogens is 10. The van der Waals surface area contributed by atoms with Gasteiger partial charge in [0.15, 0.2) is 0 Å². The standard InChI is InChI=1S/C29H28BrF9N4/c1-3-8-42(15-18-4-5-18)25-7-6-20(27(31,32)33)12-24(25)17(2)43(26-40-13-23(30)14-41-26)16-19-9-21(28(34,35)36)11-22(10-19)29(37,38)39/h6-7,9-14,17-18H,3-5,8,15-16H2,1-2H3. The number of hydrogen-bond donors (Lipinski definition) is 0. The third-order valence-electron chi connectivity index (χ3n) is 7.15. The number of anilines is 2. The lowest BCUT2D eigenvalue weighted by Crippen LogP contribution is -2.32. The van der Waals surface area contributed by atoms with E-state index in [0.29, 0.717) is 47.7 Å². The van der Waals surface area contributed by atoms with E-state index in [-0.39, 0.29) is 23.1 Å². The van der Waals surface area contributed by atoms with Crippen molar-refractivity contribution in [1.82, 2.24) is 9.97 Å². The molecule has 1 unspecified atom stereocenters. The normalized spacial score (nSPS) is 15.0. The van der Waals surface area contributed by atoms with Crippen LogP contribution in [-0.4, -0.2) is 23.1 Å². The van der Waals surface area contributed by atoms with E-state index in [1.165, 1.54) is 30.3 Å². The van der Waals surface area contributed by atoms with Gasteiger partial charge in [-0.25, -0.2) is 9.97 Å². The molecule has 4 nitrogen and oxygen atoms in total. The van der Waals surface area contributed by atoms with Crippen molar-refractivity contribution in [1.29, 1.82) is 0 Å². The van der Waals surface area contributed by atoms with Gasteiger partial charge < -0.3 is 9.80 Å². The fraction of sp³-hybridized carbons (Fsp3) is 0.448. The topological polar surface area (TPSA) is 32.3 Å². The monoisotopic (exact) mass is 682 g/mol. The molecule has 43 heavy (non-hydrogen) atoms. The van der Waals surface area contributed by atoms with Crippen molar-refractivity contribution in [3.05, 3.63) is 81.1 Å². The molecule has 234 valence electrons. The summed E-state index contributed by atoms with van der Waals surface area (Å²) in [5.74, 6) is 0.295. The van der Waals surface area contributed by atoms with E-state index in [1.807, 2.05) is 11.8 Å². The fourth-order valence-electron chi connectivity index (χ4n) is 4.86. The highest BCUT2D eigenvalue weighted by atomic mass is 79.9. The third kappa shape index (κ3) is 8.33. The predicted molar refractivity (Wildman–Crippen MR) is 147 cm³/mol. The molecule has 3 aromatic rings. The lowest BCUT2D eigenvalue weighted by atomic mass is 9.98. The highest BCUT2D eigenvalue weighted by molar-refractivity contribution is 9.10. The Morgan fingerprint density at radius 3 is 1.88 bits per heavy atom. The Balaban J connectivity index is 1.87. The number of alkyl halides is 9. The van der Waals surface area contributed by atoms with E-state index in [4.69, 9.17) is 0 Å². The molecule has 0 aliphatic heterocycles. The van der Waals surface area contributed by atoms with Gasteiger partial charge in [-0.05, 0) is 95.6 Å². The van der Waals surface area contributed by atoms with Crippen LogP contribution in [0, 0.1) is 5.92 Å². The average molecular weight is 683 g/mol. The van der Waals surface area contributed by atoms with Crippen LogP contribution in [0.25, 0.3) is 0 Å². The van der Waals surface area contributed by atoms with Crippen molar-refractivity contribution in [2.75, 3.05) is 22.9 Å². The Morgan fingerprint density at radius 2 is 1.40 bits per heavy atom. The zero-order valence-corrected chi connectivity index (χ0v) is 24.7. The molecule has 0 amide bonds. The largest absolute Gasteiger partial charge is 0.416 e. The van der Waals surface area contributed by atoms with Crippen LogP contribution in [-0.2, 0) is 25.1 Å². The fourth-order valence-corrected chi connectivity index (χ4v) is 5.06. The Bertz CT molecular complexity index is 1370. The van der Waals surface area contributed by atoms with Gasteiger partial charge >= 0.3 is 18.5 Å². The second kappa shape index (κ2) is 12.5. The lowest BCUT2D eigenvalue weighted by molar-refractivity contribution is -0.143. The summed E-state index contributed by atoms with van der Waals surface area (Å²) < 4.78 is 124. The number of nitrogens with zero attached hydrogens (tertiary/aromatic N) is 4. The zero-order valence-electron chi connectivity index (χ0n) is 23.1. The number of aromatic nitrogens is 2. The van der Waals surface area contributed by atoms with Crippen LogP contribution in [0.15, 0.2) is 53.3 Å². The molecule has 1 heterocycles. The van der Waals surface area contributed by atoms with Gasteiger partial charge in [-0.2, -0.15) is 39.5 Å². The molecule has 0 spiro atoms. The van der Waals surface area contributed by atoms with Gasteiger partial charge in [0.25, 0.3) is 0 Å². The predicted octanol–water partition coefficient (Wildman–Crippen LogP) is 9.69. The van der Waals surface area contributed by atoms with Crippen molar-refractivity contribution < 1.29 is 39.5 Å². The minimum Gasteiger partial charge on any atom is -0.371 e. The maximum absolute atomic E-state index is 13.9. The van der Waals surface area contributed by atoms with Gasteiger partial charge in [0, 0.05) is 37.7 Å². The zero-order chi connectivity index (χ0) is 31.7. The van der Waals surface area contributed by atoms with E-state index >= 15 is 0 Å². The summed E-state index contributed by atoms with van der Waals surface area (Å²) in [5.41, 5.74) is -3.61. The van der Waals surface area contributed by atoms with Crippen molar-refractivity contribution >= 4 is 27.6 Å². The Hall–Kier alpha value is -3.03. The lowest BCUT2D eigenvalue weighted by Gasteiger charge is -2.35. The van der Waals surface area contributed by atoms with Crippen LogP contribution in [0.2, 0.25) is 0 Å². The van der Waals surface area contributed by atoms with Crippen LogP contribution in [0.1, 0.15) is 67.0 Å². The van der Waals surface area contributed by atoms with Crippen LogP contribution >= 0.6 is 15.9 Å². The number of benzene rings is 2. The molecule has 0 radical (unpaired) electrons. The number of rotatable bonds is 10. The van der Waals surface area contributed by atoms with Crippen LogP contribution in [0.4, 0.5) is 51.1 Å². The average Bonchev–Trinajstić information content (AvgIpc) is 3.74. The van der Waals surface area contributed by atoms with Crippen molar-refractivity contribution in [3.8, 4) is 0 Å². The molecule has 0 bridgehead atoms. The molecule has 4 rings (SSSR count). The van der Waals surface area contributed by atoms with Crippen LogP contribution in [0.3, 0.4) is 0 Å². The number of hydrogen-bond acceptors (Lipinski definition) is 4. The quantitative estimate of drug-likeness (QED) is 0.199. The van der Waals surface area contributed by atoms with E-state index in [1.54, 1.807) is 0 Å². The van der Waals surface area contributed by atoms with Gasteiger partial charge in [-0.3, -0.25) is 0 Å². The summed E-state index contributed by atoms with van der Waals surface area (Å²) in [6, 6.07) is 3.55. The summed E-state index contributed by atoms with van der Waals surface area (Å²) in [7, 11) is 0. The summed E-state index contributed by atoms with van der Waals surface area (Å²) in [5, 5.41) is 0. The first kappa shape index (κ1) is 32.9. The van der Waals surface area contributed by atoms with Crippen LogP contribution < -0.4 is 9.80 Å². The first-order valence-corrected chi connectivity index (χ1v) is 14.2. The van der Waals surface area contributed by atoms with Gasteiger partial charge in [0.1, 0.15) is 0 Å². The maximum Gasteiger partial charge on any atom is 0.416 e. The van der Waals surface area contributed by atoms with Crippen molar-refractivity contribution in [2.24, 2.45) is 5.92 Å². The van der Waals surface area contributed by atoms with E-state index in [9.17, 15) is 39.5 Å². The highest BCUT2D eigenvalue weighted by Gasteiger charge is 2.38. The molecule has 1 saturated carbocycles. The molecule has 14 heteroatoms. The molecule has 0 saturated heterocycles. The molecule has 2 aromatic carbocycles. The molecule has 1 aromatic heterocycles. The molecule has 1 fully saturated rings. The molecule has 1 atom stereocenters. The smallest absolute Gasteiger partial charge is 0.371 e. The van der Waals surface area contributed by atoms with Crippen molar-refractivity contribution in [2.45, 2.75) is 64.2 Å². The second-order valence-electron chi connectivity index (χ2n) is 10.6. The summed E-state index contributed by atoms with van der Waals surface area (Å²) in [6.07, 6.45) is -9.50. The second-order valence-corrected chi connectivity index (χ2v) is 11.5. The van der Waals surface area contributed by atoms with E-state index in [2.05, 4.69) is 25.9 Å². The van der Waals surface area contributed by atoms with E-state index in [0.717, 1.165) is 25.0 Å². The SMILES string of the molecule is CCCN(CC1CC1)c1ccc(C(F)(F)F)cc1C(C)N(Cc1cc(C(F)(F)F)cc(C(F)(F)F)c1)c1ncc(Br)cn1. The first-order valence-electron chi connectivity index (χ1n) is 13.5. The van der Waals surface area contributed by atoms with Gasteiger partial charge in [0.2, 0.25) is 5.95 Å². The van der Waals surface area contributed by atoms with Gasteiger partial charge in [-0.15, -0.1) is 0 Å². The Kier molecular flexibility index (Phi) is 9.58. The first-order chi connectivity index (χ1) is 20.0. The minimum absolute atomic E-state index is 0.0266. The van der Waals surface area contributed by atoms with Gasteiger partial charge in [0.05, 0.1) is 27.2 Å². The minimum atomic E-state index is -5.07. The summed E-state index contributed by atoms with van der Waals surface area (Å²) in [4.78, 5) is 11.7. The molecule has 1 aliphatic carbocycles. The Morgan fingerprint density at radius 1 is 0.837 bits per heavy atom. The molecular weight excluding hydrogens is 655 g/mol. The summed E-state index contributed by atoms with van der Waals surface area (Å²) >= 11 is 3.19. The third-order valence-corrected chi connectivity index (χ3v) is 7.56. The van der Waals surface area contributed by atoms with Crippen molar-refractivity contribution in [3.63, 3.8) is 0 Å². The molecule has 0 N–H and O–H groups in total.